The van der Waals surface area contributed by atoms with Crippen molar-refractivity contribution < 1.29 is 9.66 Å². The second-order valence-electron chi connectivity index (χ2n) is 7.93. The minimum Gasteiger partial charge on any atom is -0.496 e. The van der Waals surface area contributed by atoms with Crippen molar-refractivity contribution in [3.05, 3.63) is 61.3 Å². The topological polar surface area (TPSA) is 101 Å². The summed E-state index contributed by atoms with van der Waals surface area (Å²) in [5.41, 5.74) is 2.34. The highest BCUT2D eigenvalue weighted by Gasteiger charge is 2.25. The molecule has 1 aromatic carbocycles. The Morgan fingerprint density at radius 2 is 2.10 bits per heavy atom. The minimum absolute atomic E-state index is 0.0369. The first-order valence-corrected chi connectivity index (χ1v) is 10.2. The number of aromatic nitrogens is 2. The number of rotatable bonds is 5. The maximum absolute atomic E-state index is 12.8. The Hall–Kier alpha value is -2.74. The van der Waals surface area contributed by atoms with Crippen molar-refractivity contribution in [2.24, 2.45) is 0 Å². The number of hydrogen-bond donors (Lipinski definition) is 1. The molecule has 1 aliphatic carbocycles. The van der Waals surface area contributed by atoms with E-state index >= 15 is 0 Å². The maximum atomic E-state index is 12.8. The summed E-state index contributed by atoms with van der Waals surface area (Å²) in [7, 11) is 1.55. The van der Waals surface area contributed by atoms with E-state index in [0.717, 1.165) is 36.5 Å². The normalized spacial score (nSPS) is 17.7. The molecule has 1 fully saturated rings. The number of nitro benzene ring substituents is 1. The van der Waals surface area contributed by atoms with Crippen LogP contribution in [0.15, 0.2) is 23.0 Å². The van der Waals surface area contributed by atoms with Gasteiger partial charge in [0.05, 0.1) is 23.3 Å². The lowest BCUT2D eigenvalue weighted by molar-refractivity contribution is -0.385. The van der Waals surface area contributed by atoms with Crippen molar-refractivity contribution in [1.82, 2.24) is 14.9 Å². The van der Waals surface area contributed by atoms with Crippen molar-refractivity contribution in [2.45, 2.75) is 57.5 Å². The van der Waals surface area contributed by atoms with Crippen LogP contribution in [0, 0.1) is 10.1 Å². The summed E-state index contributed by atoms with van der Waals surface area (Å²) in [5.74, 6) is 1.83. The predicted octanol–water partition coefficient (Wildman–Crippen LogP) is 3.29. The van der Waals surface area contributed by atoms with Gasteiger partial charge in [0.2, 0.25) is 0 Å². The molecule has 2 aliphatic rings. The first-order chi connectivity index (χ1) is 14.0. The van der Waals surface area contributed by atoms with Crippen LogP contribution in [-0.2, 0) is 19.5 Å². The Balaban J connectivity index is 1.54. The van der Waals surface area contributed by atoms with E-state index in [2.05, 4.69) is 9.88 Å². The number of non-ortho nitro benzene ring substituents is 1. The van der Waals surface area contributed by atoms with Gasteiger partial charge in [-0.05, 0) is 18.9 Å². The molecule has 1 N–H and O–H groups in total. The summed E-state index contributed by atoms with van der Waals surface area (Å²) < 4.78 is 5.37. The van der Waals surface area contributed by atoms with Crippen LogP contribution in [0.3, 0.4) is 0 Å². The summed E-state index contributed by atoms with van der Waals surface area (Å²) in [4.78, 5) is 33.4. The number of nitrogens with one attached hydrogen (secondary N) is 1. The van der Waals surface area contributed by atoms with E-state index in [1.54, 1.807) is 19.2 Å². The molecule has 0 saturated heterocycles. The monoisotopic (exact) mass is 398 g/mol. The molecule has 0 spiro atoms. The van der Waals surface area contributed by atoms with Crippen LogP contribution < -0.4 is 10.3 Å². The molecule has 2 heterocycles. The molecule has 0 atom stereocenters. The molecule has 29 heavy (non-hydrogen) atoms. The third-order valence-corrected chi connectivity index (χ3v) is 6.03. The fourth-order valence-electron chi connectivity index (χ4n) is 4.45. The first kappa shape index (κ1) is 19.6. The molecule has 8 nitrogen and oxygen atoms in total. The predicted molar refractivity (Wildman–Crippen MR) is 108 cm³/mol. The van der Waals surface area contributed by atoms with Crippen LogP contribution in [0.5, 0.6) is 5.75 Å². The van der Waals surface area contributed by atoms with Crippen LogP contribution in [0.2, 0.25) is 0 Å². The van der Waals surface area contributed by atoms with E-state index in [4.69, 9.17) is 9.72 Å². The number of aromatic amines is 1. The SMILES string of the molecule is COc1ccc([N+](=O)[O-])cc1CN1CCc2nc(C3CCCCC3)[nH]c(=O)c2C1. The lowest BCUT2D eigenvalue weighted by atomic mass is 9.88. The van der Waals surface area contributed by atoms with E-state index in [9.17, 15) is 14.9 Å². The number of hydrogen-bond acceptors (Lipinski definition) is 6. The molecule has 154 valence electrons. The van der Waals surface area contributed by atoms with Crippen molar-refractivity contribution in [1.29, 1.82) is 0 Å². The highest BCUT2D eigenvalue weighted by Crippen LogP contribution is 2.31. The molecular formula is C21H26N4O4. The highest BCUT2D eigenvalue weighted by molar-refractivity contribution is 5.44. The van der Waals surface area contributed by atoms with Crippen molar-refractivity contribution in [2.75, 3.05) is 13.7 Å². The number of fused-ring (bicyclic) bond motifs is 1. The number of methoxy groups -OCH3 is 1. The van der Waals surface area contributed by atoms with Crippen LogP contribution in [0.4, 0.5) is 5.69 Å². The van der Waals surface area contributed by atoms with Crippen molar-refractivity contribution in [3.63, 3.8) is 0 Å². The highest BCUT2D eigenvalue weighted by atomic mass is 16.6. The van der Waals surface area contributed by atoms with Crippen LogP contribution in [0.1, 0.15) is 60.7 Å². The third kappa shape index (κ3) is 4.17. The molecule has 0 unspecified atom stereocenters. The summed E-state index contributed by atoms with van der Waals surface area (Å²) >= 11 is 0. The summed E-state index contributed by atoms with van der Waals surface area (Å²) in [6.45, 7) is 1.71. The van der Waals surface area contributed by atoms with Gasteiger partial charge in [0.1, 0.15) is 11.6 Å². The average Bonchev–Trinajstić information content (AvgIpc) is 2.74. The second kappa shape index (κ2) is 8.32. The standard InChI is InChI=1S/C21H26N4O4/c1-29-19-8-7-16(25(27)28)11-15(19)12-24-10-9-18-17(13-24)21(26)23-20(22-18)14-5-3-2-4-6-14/h7-8,11,14H,2-6,9-10,12-13H2,1H3,(H,22,23,26). The van der Waals surface area contributed by atoms with Crippen LogP contribution in [-0.4, -0.2) is 33.4 Å². The van der Waals surface area contributed by atoms with E-state index < -0.39 is 4.92 Å². The average molecular weight is 398 g/mol. The van der Waals surface area contributed by atoms with E-state index in [-0.39, 0.29) is 11.2 Å². The van der Waals surface area contributed by atoms with E-state index in [0.29, 0.717) is 36.7 Å². The summed E-state index contributed by atoms with van der Waals surface area (Å²) in [6.07, 6.45) is 6.56. The van der Waals surface area contributed by atoms with Gasteiger partial charge in [0, 0.05) is 49.7 Å². The Morgan fingerprint density at radius 1 is 1.31 bits per heavy atom. The Morgan fingerprint density at radius 3 is 2.83 bits per heavy atom. The molecule has 0 amide bonds. The molecule has 4 rings (SSSR count). The number of nitrogens with zero attached hydrogens (tertiary/aromatic N) is 3. The van der Waals surface area contributed by atoms with Gasteiger partial charge in [-0.15, -0.1) is 0 Å². The van der Waals surface area contributed by atoms with Gasteiger partial charge in [-0.3, -0.25) is 19.8 Å². The van der Waals surface area contributed by atoms with Gasteiger partial charge >= 0.3 is 0 Å². The quantitative estimate of drug-likeness (QED) is 0.613. The number of benzene rings is 1. The van der Waals surface area contributed by atoms with Gasteiger partial charge in [0.25, 0.3) is 11.2 Å². The van der Waals surface area contributed by atoms with E-state index in [1.165, 1.54) is 25.3 Å². The van der Waals surface area contributed by atoms with E-state index in [1.807, 2.05) is 0 Å². The molecule has 0 bridgehead atoms. The van der Waals surface area contributed by atoms with Gasteiger partial charge in [0.15, 0.2) is 0 Å². The molecule has 1 aliphatic heterocycles. The lowest BCUT2D eigenvalue weighted by Gasteiger charge is -2.29. The first-order valence-electron chi connectivity index (χ1n) is 10.2. The van der Waals surface area contributed by atoms with Crippen LogP contribution >= 0.6 is 0 Å². The lowest BCUT2D eigenvalue weighted by Crippen LogP contribution is -2.36. The number of ether oxygens (including phenoxy) is 1. The van der Waals surface area contributed by atoms with Crippen molar-refractivity contribution >= 4 is 5.69 Å². The van der Waals surface area contributed by atoms with Crippen molar-refractivity contribution in [3.8, 4) is 5.75 Å². The van der Waals surface area contributed by atoms with Gasteiger partial charge < -0.3 is 9.72 Å². The van der Waals surface area contributed by atoms with Gasteiger partial charge in [-0.1, -0.05) is 19.3 Å². The Labute approximate surface area is 169 Å². The molecule has 1 saturated carbocycles. The Kier molecular flexibility index (Phi) is 5.62. The fraction of sp³-hybridized carbons (Fsp3) is 0.524. The minimum atomic E-state index is -0.407. The maximum Gasteiger partial charge on any atom is 0.270 e. The fourth-order valence-corrected chi connectivity index (χ4v) is 4.45. The van der Waals surface area contributed by atoms with Gasteiger partial charge in [-0.25, -0.2) is 4.98 Å². The zero-order chi connectivity index (χ0) is 20.4. The molecular weight excluding hydrogens is 372 g/mol. The largest absolute Gasteiger partial charge is 0.496 e. The zero-order valence-corrected chi connectivity index (χ0v) is 16.6. The molecule has 8 heteroatoms. The summed E-state index contributed by atoms with van der Waals surface area (Å²) in [5, 5.41) is 11.1. The molecule has 0 radical (unpaired) electrons. The summed E-state index contributed by atoms with van der Waals surface area (Å²) in [6, 6.07) is 4.61. The zero-order valence-electron chi connectivity index (χ0n) is 16.6. The Bertz CT molecular complexity index is 966. The molecule has 1 aromatic heterocycles. The van der Waals surface area contributed by atoms with Gasteiger partial charge in [-0.2, -0.15) is 0 Å². The molecule has 2 aromatic rings. The second-order valence-corrected chi connectivity index (χ2v) is 7.93. The number of H-pyrrole nitrogens is 1. The number of nitro groups is 1. The third-order valence-electron chi connectivity index (χ3n) is 6.03. The smallest absolute Gasteiger partial charge is 0.270 e. The van der Waals surface area contributed by atoms with Crippen LogP contribution in [0.25, 0.3) is 0 Å².